The van der Waals surface area contributed by atoms with E-state index in [9.17, 15) is 13.2 Å². The van der Waals surface area contributed by atoms with Gasteiger partial charge in [0.25, 0.3) is 0 Å². The number of aromatic nitrogens is 3. The van der Waals surface area contributed by atoms with E-state index in [-0.39, 0.29) is 16.7 Å². The largest absolute Gasteiger partial charge is 0.341 e. The molecule has 5 rings (SSSR count). The highest BCUT2D eigenvalue weighted by Crippen LogP contribution is 2.38. The molecule has 3 aliphatic rings. The van der Waals surface area contributed by atoms with E-state index in [2.05, 4.69) is 15.2 Å². The van der Waals surface area contributed by atoms with Gasteiger partial charge in [-0.3, -0.25) is 9.89 Å². The second kappa shape index (κ2) is 8.02. The van der Waals surface area contributed by atoms with E-state index in [4.69, 9.17) is 0 Å². The number of nitrogens with one attached hydrogen (secondary N) is 1. The Bertz CT molecular complexity index is 1050. The molecule has 1 atom stereocenters. The quantitative estimate of drug-likeness (QED) is 0.766. The lowest BCUT2D eigenvalue weighted by Crippen LogP contribution is -2.49. The summed E-state index contributed by atoms with van der Waals surface area (Å²) in [6, 6.07) is 6.24. The molecule has 0 radical (unpaired) electrons. The van der Waals surface area contributed by atoms with Crippen LogP contribution >= 0.6 is 0 Å². The average Bonchev–Trinajstić information content (AvgIpc) is 3.29. The zero-order chi connectivity index (χ0) is 21.6. The monoisotopic (exact) mass is 443 g/mol. The van der Waals surface area contributed by atoms with Gasteiger partial charge in [-0.05, 0) is 57.6 Å². The first-order valence-electron chi connectivity index (χ1n) is 11.2. The van der Waals surface area contributed by atoms with Gasteiger partial charge in [0.2, 0.25) is 15.9 Å². The van der Waals surface area contributed by atoms with Crippen LogP contribution in [-0.2, 0) is 14.8 Å². The maximum atomic E-state index is 13.3. The highest BCUT2D eigenvalue weighted by Gasteiger charge is 2.42. The van der Waals surface area contributed by atoms with Crippen molar-refractivity contribution in [2.75, 3.05) is 19.6 Å². The maximum Gasteiger partial charge on any atom is 0.243 e. The number of carbonyl (C=O) groups is 1. The molecule has 3 heterocycles. The zero-order valence-corrected chi connectivity index (χ0v) is 18.6. The van der Waals surface area contributed by atoms with Gasteiger partial charge in [-0.25, -0.2) is 13.4 Å². The van der Waals surface area contributed by atoms with E-state index < -0.39 is 16.1 Å². The Hall–Kier alpha value is -2.26. The highest BCUT2D eigenvalue weighted by atomic mass is 32.2. The number of sulfonamides is 1. The first-order chi connectivity index (χ1) is 14.9. The third-order valence-electron chi connectivity index (χ3n) is 6.77. The number of aromatic amines is 1. The minimum atomic E-state index is -3.68. The number of H-pyrrole nitrogens is 1. The van der Waals surface area contributed by atoms with Gasteiger partial charge in [-0.2, -0.15) is 9.40 Å². The highest BCUT2D eigenvalue weighted by molar-refractivity contribution is 7.89. The number of likely N-dealkylation sites (tertiary alicyclic amines) is 1. The van der Waals surface area contributed by atoms with Crippen LogP contribution in [-0.4, -0.2) is 64.4 Å². The van der Waals surface area contributed by atoms with E-state index in [0.717, 1.165) is 30.1 Å². The molecule has 2 aromatic rings. The molecule has 31 heavy (non-hydrogen) atoms. The number of benzene rings is 1. The smallest absolute Gasteiger partial charge is 0.243 e. The van der Waals surface area contributed by atoms with Gasteiger partial charge in [0, 0.05) is 31.5 Å². The summed E-state index contributed by atoms with van der Waals surface area (Å²) < 4.78 is 27.8. The summed E-state index contributed by atoms with van der Waals surface area (Å²) >= 11 is 0. The van der Waals surface area contributed by atoms with Gasteiger partial charge in [-0.1, -0.05) is 17.7 Å². The van der Waals surface area contributed by atoms with Gasteiger partial charge in [-0.15, -0.1) is 0 Å². The number of aryl methyl sites for hydroxylation is 1. The van der Waals surface area contributed by atoms with Crippen LogP contribution in [0.25, 0.3) is 0 Å². The molecule has 0 bridgehead atoms. The van der Waals surface area contributed by atoms with E-state index in [1.165, 1.54) is 17.1 Å². The van der Waals surface area contributed by atoms with Crippen LogP contribution in [0.3, 0.4) is 0 Å². The molecule has 1 N–H and O–H groups in total. The summed E-state index contributed by atoms with van der Waals surface area (Å²) in [5.74, 6) is 2.59. The minimum Gasteiger partial charge on any atom is -0.341 e. The van der Waals surface area contributed by atoms with E-state index >= 15 is 0 Å². The maximum absolute atomic E-state index is 13.3. The first-order valence-corrected chi connectivity index (χ1v) is 12.7. The molecule has 0 unspecified atom stereocenters. The molecule has 3 fully saturated rings. The first kappa shape index (κ1) is 20.6. The Morgan fingerprint density at radius 3 is 2.39 bits per heavy atom. The second-order valence-corrected chi connectivity index (χ2v) is 10.9. The normalized spacial score (nSPS) is 23.4. The summed E-state index contributed by atoms with van der Waals surface area (Å²) in [7, 11) is -3.68. The zero-order valence-electron chi connectivity index (χ0n) is 17.8. The van der Waals surface area contributed by atoms with Crippen molar-refractivity contribution in [3.05, 3.63) is 41.5 Å². The van der Waals surface area contributed by atoms with Crippen molar-refractivity contribution in [3.63, 3.8) is 0 Å². The van der Waals surface area contributed by atoms with E-state index in [1.54, 1.807) is 24.3 Å². The van der Waals surface area contributed by atoms with Crippen LogP contribution in [0.1, 0.15) is 67.6 Å². The third kappa shape index (κ3) is 4.01. The van der Waals surface area contributed by atoms with Crippen molar-refractivity contribution < 1.29 is 13.2 Å². The van der Waals surface area contributed by atoms with Crippen molar-refractivity contribution in [2.45, 2.75) is 68.2 Å². The molecule has 2 aliphatic heterocycles. The lowest BCUT2D eigenvalue weighted by atomic mass is 9.95. The van der Waals surface area contributed by atoms with Gasteiger partial charge in [0.1, 0.15) is 11.9 Å². The topological polar surface area (TPSA) is 99.3 Å². The second-order valence-electron chi connectivity index (χ2n) is 9.04. The van der Waals surface area contributed by atoms with Gasteiger partial charge >= 0.3 is 0 Å². The molecule has 1 amide bonds. The van der Waals surface area contributed by atoms with E-state index in [0.29, 0.717) is 38.4 Å². The Labute approximate surface area is 183 Å². The number of carbonyl (C=O) groups excluding carboxylic acids is 1. The Balaban J connectivity index is 1.24. The van der Waals surface area contributed by atoms with Crippen LogP contribution in [0.2, 0.25) is 0 Å². The molecule has 1 aromatic carbocycles. The molecule has 0 spiro atoms. The standard InChI is InChI=1S/C22H29N5O3S/c1-15-4-8-18(9-5-15)31(29,30)27-12-2-3-19(27)22(28)26-13-10-17(11-14-26)21-23-20(24-25-21)16-6-7-16/h4-5,8-9,16-17,19H,2-3,6-7,10-14H2,1H3,(H,23,24,25)/t19-/m0/s1. The predicted molar refractivity (Wildman–Crippen MR) is 115 cm³/mol. The summed E-state index contributed by atoms with van der Waals surface area (Å²) in [5.41, 5.74) is 1.01. The van der Waals surface area contributed by atoms with Crippen molar-refractivity contribution in [1.29, 1.82) is 0 Å². The third-order valence-corrected chi connectivity index (χ3v) is 8.69. The molecular weight excluding hydrogens is 414 g/mol. The van der Waals surface area contributed by atoms with Crippen LogP contribution in [0.15, 0.2) is 29.2 Å². The number of hydrogen-bond donors (Lipinski definition) is 1. The molecule has 1 saturated carbocycles. The number of piperidine rings is 1. The van der Waals surface area contributed by atoms with Gasteiger partial charge < -0.3 is 4.90 Å². The fourth-order valence-electron chi connectivity index (χ4n) is 4.70. The van der Waals surface area contributed by atoms with Gasteiger partial charge in [0.15, 0.2) is 5.82 Å². The molecule has 9 heteroatoms. The molecule has 2 saturated heterocycles. The minimum absolute atomic E-state index is 0.0668. The van der Waals surface area contributed by atoms with Crippen molar-refractivity contribution in [2.24, 2.45) is 0 Å². The summed E-state index contributed by atoms with van der Waals surface area (Å²) in [4.78, 5) is 20.0. The van der Waals surface area contributed by atoms with Crippen LogP contribution < -0.4 is 0 Å². The Kier molecular flexibility index (Phi) is 5.34. The molecule has 1 aliphatic carbocycles. The van der Waals surface area contributed by atoms with Crippen molar-refractivity contribution in [1.82, 2.24) is 24.4 Å². The van der Waals surface area contributed by atoms with Crippen molar-refractivity contribution >= 4 is 15.9 Å². The SMILES string of the molecule is Cc1ccc(S(=O)(=O)N2CCC[C@H]2C(=O)N2CCC(c3nc(C4CC4)n[nH]3)CC2)cc1. The fraction of sp³-hybridized carbons (Fsp3) is 0.591. The van der Waals surface area contributed by atoms with E-state index in [1.807, 2.05) is 11.8 Å². The molecular formula is C22H29N5O3S. The Morgan fingerprint density at radius 1 is 1.00 bits per heavy atom. The summed E-state index contributed by atoms with van der Waals surface area (Å²) in [6.07, 6.45) is 5.28. The summed E-state index contributed by atoms with van der Waals surface area (Å²) in [5, 5.41) is 7.44. The van der Waals surface area contributed by atoms with Crippen LogP contribution in [0.4, 0.5) is 0 Å². The number of amides is 1. The molecule has 8 nitrogen and oxygen atoms in total. The number of hydrogen-bond acceptors (Lipinski definition) is 5. The van der Waals surface area contributed by atoms with Gasteiger partial charge in [0.05, 0.1) is 4.90 Å². The Morgan fingerprint density at radius 2 is 1.71 bits per heavy atom. The molecule has 1 aromatic heterocycles. The lowest BCUT2D eigenvalue weighted by Gasteiger charge is -2.34. The summed E-state index contributed by atoms with van der Waals surface area (Å²) in [6.45, 7) is 3.56. The predicted octanol–water partition coefficient (Wildman–Crippen LogP) is 2.55. The average molecular weight is 444 g/mol. The number of nitrogens with zero attached hydrogens (tertiary/aromatic N) is 4. The van der Waals surface area contributed by atoms with Crippen LogP contribution in [0, 0.1) is 6.92 Å². The van der Waals surface area contributed by atoms with Crippen molar-refractivity contribution in [3.8, 4) is 0 Å². The fourth-order valence-corrected chi connectivity index (χ4v) is 6.35. The lowest BCUT2D eigenvalue weighted by molar-refractivity contribution is -0.135. The number of rotatable bonds is 5. The van der Waals surface area contributed by atoms with Crippen LogP contribution in [0.5, 0.6) is 0 Å². The molecule has 166 valence electrons.